The van der Waals surface area contributed by atoms with E-state index in [-0.39, 0.29) is 35.8 Å². The number of hydrogen-bond acceptors (Lipinski definition) is 6. The van der Waals surface area contributed by atoms with Crippen molar-refractivity contribution in [1.82, 2.24) is 0 Å². The maximum atomic E-state index is 11.6. The van der Waals surface area contributed by atoms with Gasteiger partial charge in [0.1, 0.15) is 0 Å². The fourth-order valence-electron chi connectivity index (χ4n) is 2.52. The van der Waals surface area contributed by atoms with Crippen LogP contribution >= 0.6 is 0 Å². The molecule has 0 aromatic heterocycles. The quantitative estimate of drug-likeness (QED) is 0.512. The van der Waals surface area contributed by atoms with Crippen molar-refractivity contribution in [3.63, 3.8) is 0 Å². The summed E-state index contributed by atoms with van der Waals surface area (Å²) in [6.07, 6.45) is -0.364. The normalized spacial score (nSPS) is 22.1. The highest BCUT2D eigenvalue weighted by Gasteiger charge is 2.26. The van der Waals surface area contributed by atoms with E-state index in [4.69, 9.17) is 4.74 Å². The second-order valence-electron chi connectivity index (χ2n) is 5.17. The van der Waals surface area contributed by atoms with Crippen LogP contribution in [0.4, 0.5) is 11.4 Å². The molecule has 1 aliphatic rings. The third-order valence-corrected chi connectivity index (χ3v) is 3.45. The zero-order valence-corrected chi connectivity index (χ0v) is 12.0. The van der Waals surface area contributed by atoms with Gasteiger partial charge in [0, 0.05) is 24.8 Å². The molecular weight excluding hydrogens is 276 g/mol. The lowest BCUT2D eigenvalue weighted by Gasteiger charge is -2.37. The van der Waals surface area contributed by atoms with E-state index in [0.29, 0.717) is 13.1 Å². The van der Waals surface area contributed by atoms with E-state index < -0.39 is 4.92 Å². The van der Waals surface area contributed by atoms with Crippen molar-refractivity contribution in [2.24, 2.45) is 0 Å². The topological polar surface area (TPSA) is 92.9 Å². The first-order valence-electron chi connectivity index (χ1n) is 6.73. The Morgan fingerprint density at radius 1 is 1.52 bits per heavy atom. The Morgan fingerprint density at radius 2 is 2.24 bits per heavy atom. The Balaban J connectivity index is 2.33. The number of nitrogens with zero attached hydrogens (tertiary/aromatic N) is 2. The standard InChI is InChI=1S/C14H18N2O5/c1-9-6-15(7-12(8-17)21-9)11-3-4-14(16(19)20)13(5-11)10(2)18/h3-5,9,12,17H,6-8H2,1-2H3. The van der Waals surface area contributed by atoms with Gasteiger partial charge in [0.15, 0.2) is 5.78 Å². The van der Waals surface area contributed by atoms with E-state index in [9.17, 15) is 20.0 Å². The second-order valence-corrected chi connectivity index (χ2v) is 5.17. The molecule has 1 heterocycles. The highest BCUT2D eigenvalue weighted by molar-refractivity contribution is 5.99. The number of nitro benzene ring substituents is 1. The van der Waals surface area contributed by atoms with Crippen LogP contribution in [0.5, 0.6) is 0 Å². The molecule has 1 aromatic carbocycles. The maximum Gasteiger partial charge on any atom is 0.280 e. The van der Waals surface area contributed by atoms with Crippen molar-refractivity contribution in [2.75, 3.05) is 24.6 Å². The molecule has 0 aliphatic carbocycles. The van der Waals surface area contributed by atoms with Gasteiger partial charge in [-0.3, -0.25) is 14.9 Å². The molecule has 2 rings (SSSR count). The van der Waals surface area contributed by atoms with Crippen molar-refractivity contribution in [3.8, 4) is 0 Å². The first-order chi connectivity index (χ1) is 9.92. The van der Waals surface area contributed by atoms with E-state index in [2.05, 4.69) is 0 Å². The summed E-state index contributed by atoms with van der Waals surface area (Å²) in [7, 11) is 0. The number of ether oxygens (including phenoxy) is 1. The third-order valence-electron chi connectivity index (χ3n) is 3.45. The van der Waals surface area contributed by atoms with Crippen LogP contribution < -0.4 is 4.90 Å². The van der Waals surface area contributed by atoms with E-state index in [1.807, 2.05) is 11.8 Å². The molecule has 21 heavy (non-hydrogen) atoms. The minimum atomic E-state index is -0.557. The van der Waals surface area contributed by atoms with Crippen LogP contribution in [0, 0.1) is 10.1 Å². The monoisotopic (exact) mass is 294 g/mol. The predicted molar refractivity (Wildman–Crippen MR) is 76.7 cm³/mol. The van der Waals surface area contributed by atoms with Crippen LogP contribution in [0.15, 0.2) is 18.2 Å². The number of aliphatic hydroxyl groups excluding tert-OH is 1. The molecule has 114 valence electrons. The Bertz CT molecular complexity index is 560. The smallest absolute Gasteiger partial charge is 0.280 e. The number of aliphatic hydroxyl groups is 1. The van der Waals surface area contributed by atoms with Crippen LogP contribution in [-0.4, -0.2) is 47.7 Å². The van der Waals surface area contributed by atoms with E-state index in [1.54, 1.807) is 6.07 Å². The van der Waals surface area contributed by atoms with Crippen LogP contribution in [0.1, 0.15) is 24.2 Å². The lowest BCUT2D eigenvalue weighted by atomic mass is 10.1. The van der Waals surface area contributed by atoms with Gasteiger partial charge in [-0.25, -0.2) is 0 Å². The molecule has 0 radical (unpaired) electrons. The SMILES string of the molecule is CC(=O)c1cc(N2CC(C)OC(CO)C2)ccc1[N+](=O)[O-]. The van der Waals surface area contributed by atoms with Gasteiger partial charge in [-0.1, -0.05) is 0 Å². The molecule has 2 unspecified atom stereocenters. The molecule has 1 saturated heterocycles. The van der Waals surface area contributed by atoms with Crippen LogP contribution in [0.2, 0.25) is 0 Å². The van der Waals surface area contributed by atoms with Crippen molar-refractivity contribution in [1.29, 1.82) is 0 Å². The lowest BCUT2D eigenvalue weighted by molar-refractivity contribution is -0.385. The predicted octanol–water partition coefficient (Wildman–Crippen LogP) is 1.38. The summed E-state index contributed by atoms with van der Waals surface area (Å²) in [4.78, 5) is 24.0. The van der Waals surface area contributed by atoms with Gasteiger partial charge in [0.2, 0.25) is 0 Å². The number of carbonyl (C=O) groups excluding carboxylic acids is 1. The summed E-state index contributed by atoms with van der Waals surface area (Å²) in [5.74, 6) is -0.344. The van der Waals surface area contributed by atoms with E-state index in [0.717, 1.165) is 5.69 Å². The second kappa shape index (κ2) is 6.19. The summed E-state index contributed by atoms with van der Waals surface area (Å²) < 4.78 is 5.56. The van der Waals surface area contributed by atoms with Crippen LogP contribution in [0.3, 0.4) is 0 Å². The fourth-order valence-corrected chi connectivity index (χ4v) is 2.52. The van der Waals surface area contributed by atoms with Gasteiger partial charge in [-0.15, -0.1) is 0 Å². The number of anilines is 1. The Labute approximate surface area is 122 Å². The fraction of sp³-hybridized carbons (Fsp3) is 0.500. The van der Waals surface area contributed by atoms with Gasteiger partial charge in [0.25, 0.3) is 5.69 Å². The van der Waals surface area contributed by atoms with Crippen molar-refractivity contribution >= 4 is 17.2 Å². The van der Waals surface area contributed by atoms with Crippen molar-refractivity contribution in [2.45, 2.75) is 26.1 Å². The lowest BCUT2D eigenvalue weighted by Crippen LogP contribution is -2.48. The number of benzene rings is 1. The third kappa shape index (κ3) is 3.37. The maximum absolute atomic E-state index is 11.6. The van der Waals surface area contributed by atoms with E-state index >= 15 is 0 Å². The molecule has 0 amide bonds. The number of morpholine rings is 1. The molecule has 0 saturated carbocycles. The molecular formula is C14H18N2O5. The minimum absolute atomic E-state index is 0.0631. The molecule has 1 N–H and O–H groups in total. The molecule has 7 nitrogen and oxygen atoms in total. The van der Waals surface area contributed by atoms with Crippen molar-refractivity contribution < 1.29 is 19.6 Å². The molecule has 1 aliphatic heterocycles. The molecule has 0 spiro atoms. The Hall–Kier alpha value is -1.99. The number of Topliss-reactive ketones (excluding diaryl/α,β-unsaturated/α-hetero) is 1. The number of nitro groups is 1. The van der Waals surface area contributed by atoms with Crippen molar-refractivity contribution in [3.05, 3.63) is 33.9 Å². The average Bonchev–Trinajstić information content (AvgIpc) is 2.45. The van der Waals surface area contributed by atoms with Gasteiger partial charge in [-0.2, -0.15) is 0 Å². The largest absolute Gasteiger partial charge is 0.394 e. The van der Waals surface area contributed by atoms with Crippen LogP contribution in [0.25, 0.3) is 0 Å². The molecule has 2 atom stereocenters. The summed E-state index contributed by atoms with van der Waals surface area (Å²) in [6, 6.07) is 4.50. The molecule has 1 fully saturated rings. The zero-order chi connectivity index (χ0) is 15.6. The first-order valence-corrected chi connectivity index (χ1v) is 6.73. The Kier molecular flexibility index (Phi) is 4.54. The minimum Gasteiger partial charge on any atom is -0.394 e. The van der Waals surface area contributed by atoms with E-state index in [1.165, 1.54) is 19.1 Å². The number of rotatable bonds is 4. The summed E-state index contributed by atoms with van der Waals surface area (Å²) in [5, 5.41) is 20.2. The van der Waals surface area contributed by atoms with Gasteiger partial charge >= 0.3 is 0 Å². The average molecular weight is 294 g/mol. The van der Waals surface area contributed by atoms with Gasteiger partial charge in [0.05, 0.1) is 29.3 Å². The molecule has 0 bridgehead atoms. The summed E-state index contributed by atoms with van der Waals surface area (Å²) in [5.41, 5.74) is 0.628. The molecule has 1 aromatic rings. The van der Waals surface area contributed by atoms with Crippen LogP contribution in [-0.2, 0) is 4.74 Å². The number of ketones is 1. The summed E-state index contributed by atoms with van der Waals surface area (Å²) >= 11 is 0. The van der Waals surface area contributed by atoms with Gasteiger partial charge < -0.3 is 14.7 Å². The Morgan fingerprint density at radius 3 is 2.81 bits per heavy atom. The highest BCUT2D eigenvalue weighted by Crippen LogP contribution is 2.27. The number of hydrogen-bond donors (Lipinski definition) is 1. The number of carbonyl (C=O) groups is 1. The summed E-state index contributed by atoms with van der Waals surface area (Å²) in [6.45, 7) is 4.20. The first kappa shape index (κ1) is 15.4. The van der Waals surface area contributed by atoms with Gasteiger partial charge in [-0.05, 0) is 26.0 Å². The highest BCUT2D eigenvalue weighted by atomic mass is 16.6. The zero-order valence-electron chi connectivity index (χ0n) is 12.0. The molecule has 7 heteroatoms.